The molecule has 0 fully saturated rings. The molecule has 0 aromatic heterocycles. The SMILES string of the molecule is CCN(CC)S(=O)(=O)c1cc(C(=O)NCCCNc2ccccc2)ccc1C. The molecule has 0 spiro atoms. The van der Waals surface area contributed by atoms with Crippen LogP contribution in [-0.2, 0) is 10.0 Å². The normalized spacial score (nSPS) is 11.4. The van der Waals surface area contributed by atoms with Crippen LogP contribution in [0.15, 0.2) is 53.4 Å². The van der Waals surface area contributed by atoms with Gasteiger partial charge in [-0.05, 0) is 43.2 Å². The average Bonchev–Trinajstić information content (AvgIpc) is 2.69. The topological polar surface area (TPSA) is 78.5 Å². The number of hydrogen-bond donors (Lipinski definition) is 2. The molecule has 7 heteroatoms. The van der Waals surface area contributed by atoms with Crippen LogP contribution in [0, 0.1) is 6.92 Å². The van der Waals surface area contributed by atoms with Gasteiger partial charge in [-0.1, -0.05) is 38.1 Å². The number of para-hydroxylation sites is 1. The Labute approximate surface area is 168 Å². The van der Waals surface area contributed by atoms with Gasteiger partial charge in [0.25, 0.3) is 5.91 Å². The Balaban J connectivity index is 1.96. The number of benzene rings is 2. The van der Waals surface area contributed by atoms with Crippen LogP contribution in [0.25, 0.3) is 0 Å². The van der Waals surface area contributed by atoms with Crippen molar-refractivity contribution in [2.75, 3.05) is 31.5 Å². The summed E-state index contributed by atoms with van der Waals surface area (Å²) in [5.41, 5.74) is 2.03. The average molecular weight is 404 g/mol. The fraction of sp³-hybridized carbons (Fsp3) is 0.381. The number of anilines is 1. The summed E-state index contributed by atoms with van der Waals surface area (Å²) < 4.78 is 27.0. The van der Waals surface area contributed by atoms with Crippen molar-refractivity contribution in [2.24, 2.45) is 0 Å². The number of amides is 1. The van der Waals surface area contributed by atoms with Crippen LogP contribution in [0.2, 0.25) is 0 Å². The van der Waals surface area contributed by atoms with Crippen molar-refractivity contribution >= 4 is 21.6 Å². The summed E-state index contributed by atoms with van der Waals surface area (Å²) in [6.07, 6.45) is 0.761. The van der Waals surface area contributed by atoms with E-state index in [1.54, 1.807) is 32.9 Å². The van der Waals surface area contributed by atoms with Gasteiger partial charge >= 0.3 is 0 Å². The maximum atomic E-state index is 12.8. The molecule has 0 aliphatic carbocycles. The maximum absolute atomic E-state index is 12.8. The number of nitrogens with zero attached hydrogens (tertiary/aromatic N) is 1. The van der Waals surface area contributed by atoms with Gasteiger partial charge in [0.05, 0.1) is 4.90 Å². The number of nitrogens with one attached hydrogen (secondary N) is 2. The van der Waals surface area contributed by atoms with E-state index in [2.05, 4.69) is 10.6 Å². The first-order valence-electron chi connectivity index (χ1n) is 9.58. The summed E-state index contributed by atoms with van der Waals surface area (Å²) in [5.74, 6) is -0.268. The van der Waals surface area contributed by atoms with Gasteiger partial charge < -0.3 is 10.6 Å². The summed E-state index contributed by atoms with van der Waals surface area (Å²) in [6, 6.07) is 14.7. The van der Waals surface area contributed by atoms with Crippen LogP contribution < -0.4 is 10.6 Å². The second-order valence-electron chi connectivity index (χ2n) is 6.47. The lowest BCUT2D eigenvalue weighted by molar-refractivity contribution is 0.0953. The third-order valence-electron chi connectivity index (χ3n) is 4.52. The Morgan fingerprint density at radius 2 is 1.68 bits per heavy atom. The number of hydrogen-bond acceptors (Lipinski definition) is 4. The molecule has 0 heterocycles. The molecule has 6 nitrogen and oxygen atoms in total. The van der Waals surface area contributed by atoms with Gasteiger partial charge in [-0.3, -0.25) is 4.79 Å². The molecule has 0 radical (unpaired) electrons. The monoisotopic (exact) mass is 403 g/mol. The van der Waals surface area contributed by atoms with Crippen LogP contribution in [-0.4, -0.2) is 44.8 Å². The van der Waals surface area contributed by atoms with Crippen molar-refractivity contribution < 1.29 is 13.2 Å². The zero-order chi connectivity index (χ0) is 20.6. The number of sulfonamides is 1. The fourth-order valence-electron chi connectivity index (χ4n) is 2.90. The third kappa shape index (κ3) is 5.56. The maximum Gasteiger partial charge on any atom is 0.251 e. The van der Waals surface area contributed by atoms with Gasteiger partial charge in [-0.2, -0.15) is 4.31 Å². The second-order valence-corrected chi connectivity index (χ2v) is 8.38. The highest BCUT2D eigenvalue weighted by Gasteiger charge is 2.24. The molecule has 0 unspecified atom stereocenters. The molecule has 0 atom stereocenters. The van der Waals surface area contributed by atoms with Crippen molar-refractivity contribution in [1.29, 1.82) is 0 Å². The molecule has 2 aromatic carbocycles. The Morgan fingerprint density at radius 1 is 1.00 bits per heavy atom. The van der Waals surface area contributed by atoms with E-state index in [1.807, 2.05) is 30.3 Å². The van der Waals surface area contributed by atoms with Crippen molar-refractivity contribution in [2.45, 2.75) is 32.1 Å². The Morgan fingerprint density at radius 3 is 2.32 bits per heavy atom. The Hall–Kier alpha value is -2.38. The number of carbonyl (C=O) groups excluding carboxylic acids is 1. The van der Waals surface area contributed by atoms with E-state index in [0.717, 1.165) is 18.7 Å². The van der Waals surface area contributed by atoms with Crippen LogP contribution in [0.4, 0.5) is 5.69 Å². The van der Waals surface area contributed by atoms with Crippen molar-refractivity contribution in [3.8, 4) is 0 Å². The zero-order valence-electron chi connectivity index (χ0n) is 16.7. The first kappa shape index (κ1) is 21.9. The first-order chi connectivity index (χ1) is 13.4. The van der Waals surface area contributed by atoms with E-state index in [0.29, 0.717) is 30.8 Å². The minimum atomic E-state index is -3.60. The highest BCUT2D eigenvalue weighted by Crippen LogP contribution is 2.21. The Bertz CT molecular complexity index is 879. The van der Waals surface area contributed by atoms with Crippen LogP contribution in [0.3, 0.4) is 0 Å². The molecule has 0 aliphatic heterocycles. The molecule has 2 rings (SSSR count). The van der Waals surface area contributed by atoms with Crippen molar-refractivity contribution in [3.63, 3.8) is 0 Å². The van der Waals surface area contributed by atoms with Gasteiger partial charge in [0, 0.05) is 37.4 Å². The van der Waals surface area contributed by atoms with Gasteiger partial charge in [-0.25, -0.2) is 8.42 Å². The van der Waals surface area contributed by atoms with Crippen LogP contribution in [0.1, 0.15) is 36.2 Å². The predicted octanol–water partition coefficient (Wildman–Crippen LogP) is 3.26. The molecule has 1 amide bonds. The summed E-state index contributed by atoms with van der Waals surface area (Å²) in [4.78, 5) is 12.6. The van der Waals surface area contributed by atoms with Gasteiger partial charge in [0.2, 0.25) is 10.0 Å². The summed E-state index contributed by atoms with van der Waals surface area (Å²) in [7, 11) is -3.60. The van der Waals surface area contributed by atoms with E-state index in [4.69, 9.17) is 0 Å². The molecular formula is C21H29N3O3S. The van der Waals surface area contributed by atoms with Crippen molar-refractivity contribution in [3.05, 3.63) is 59.7 Å². The molecule has 2 N–H and O–H groups in total. The van der Waals surface area contributed by atoms with E-state index >= 15 is 0 Å². The van der Waals surface area contributed by atoms with E-state index in [9.17, 15) is 13.2 Å². The lowest BCUT2D eigenvalue weighted by Crippen LogP contribution is -2.31. The highest BCUT2D eigenvalue weighted by molar-refractivity contribution is 7.89. The smallest absolute Gasteiger partial charge is 0.251 e. The predicted molar refractivity (Wildman–Crippen MR) is 113 cm³/mol. The lowest BCUT2D eigenvalue weighted by atomic mass is 10.1. The molecule has 152 valence electrons. The molecule has 0 aliphatic rings. The van der Waals surface area contributed by atoms with E-state index < -0.39 is 10.0 Å². The molecule has 0 saturated heterocycles. The zero-order valence-corrected chi connectivity index (χ0v) is 17.6. The highest BCUT2D eigenvalue weighted by atomic mass is 32.2. The standard InChI is InChI=1S/C21H29N3O3S/c1-4-24(5-2)28(26,27)20-16-18(13-12-17(20)3)21(25)23-15-9-14-22-19-10-7-6-8-11-19/h6-8,10-13,16,22H,4-5,9,14-15H2,1-3H3,(H,23,25). The summed E-state index contributed by atoms with van der Waals surface area (Å²) in [6.45, 7) is 7.37. The fourth-order valence-corrected chi connectivity index (χ4v) is 4.61. The molecule has 28 heavy (non-hydrogen) atoms. The van der Waals surface area contributed by atoms with Crippen LogP contribution in [0.5, 0.6) is 0 Å². The minimum Gasteiger partial charge on any atom is -0.385 e. The quantitative estimate of drug-likeness (QED) is 0.597. The second kappa shape index (κ2) is 10.2. The number of rotatable bonds is 10. The summed E-state index contributed by atoms with van der Waals surface area (Å²) >= 11 is 0. The molecular weight excluding hydrogens is 374 g/mol. The third-order valence-corrected chi connectivity index (χ3v) is 6.71. The Kier molecular flexibility index (Phi) is 8.02. The van der Waals surface area contributed by atoms with Crippen molar-refractivity contribution in [1.82, 2.24) is 9.62 Å². The largest absolute Gasteiger partial charge is 0.385 e. The summed E-state index contributed by atoms with van der Waals surface area (Å²) in [5, 5.41) is 6.14. The minimum absolute atomic E-state index is 0.189. The van der Waals surface area contributed by atoms with E-state index in [-0.39, 0.29) is 10.8 Å². The molecule has 2 aromatic rings. The van der Waals surface area contributed by atoms with E-state index in [1.165, 1.54) is 10.4 Å². The molecule has 0 bridgehead atoms. The number of aryl methyl sites for hydroxylation is 1. The first-order valence-corrected chi connectivity index (χ1v) is 11.0. The number of carbonyl (C=O) groups is 1. The molecule has 0 saturated carbocycles. The lowest BCUT2D eigenvalue weighted by Gasteiger charge is -2.20. The van der Waals surface area contributed by atoms with Crippen LogP contribution >= 0.6 is 0 Å². The van der Waals surface area contributed by atoms with Gasteiger partial charge in [-0.15, -0.1) is 0 Å². The van der Waals surface area contributed by atoms with Gasteiger partial charge in [0.15, 0.2) is 0 Å². The van der Waals surface area contributed by atoms with Gasteiger partial charge in [0.1, 0.15) is 0 Å².